The Balaban J connectivity index is 3.28. The lowest BCUT2D eigenvalue weighted by atomic mass is 10.3. The number of hydrogen-bond acceptors (Lipinski definition) is 2. The number of halogens is 3. The third-order valence-corrected chi connectivity index (χ3v) is 2.76. The van der Waals surface area contributed by atoms with Crippen LogP contribution in [0.3, 0.4) is 0 Å². The second-order valence-electron chi connectivity index (χ2n) is 2.00. The lowest BCUT2D eigenvalue weighted by molar-refractivity contribution is 1.15. The summed E-state index contributed by atoms with van der Waals surface area (Å²) in [5, 5.41) is 9.46. The normalized spacial score (nSPS) is 9.50. The number of nitriles is 1. The number of aromatic nitrogens is 1. The van der Waals surface area contributed by atoms with Crippen molar-refractivity contribution in [1.29, 1.82) is 5.26 Å². The van der Waals surface area contributed by atoms with Crippen LogP contribution in [-0.2, 0) is 5.33 Å². The summed E-state index contributed by atoms with van der Waals surface area (Å²) in [6, 6.07) is 3.61. The van der Waals surface area contributed by atoms with Crippen LogP contribution in [0.2, 0.25) is 5.15 Å². The molecule has 1 aromatic rings. The highest BCUT2D eigenvalue weighted by molar-refractivity contribution is 9.10. The molecule has 0 spiro atoms. The van der Waals surface area contributed by atoms with Gasteiger partial charge in [0, 0.05) is 9.80 Å². The quantitative estimate of drug-likeness (QED) is 0.590. The maximum atomic E-state index is 8.60. The molecular weight excluding hydrogens is 307 g/mol. The zero-order chi connectivity index (χ0) is 9.14. The van der Waals surface area contributed by atoms with Crippen molar-refractivity contribution in [3.05, 3.63) is 26.9 Å². The summed E-state index contributed by atoms with van der Waals surface area (Å²) < 4.78 is 0.792. The average molecular weight is 310 g/mol. The van der Waals surface area contributed by atoms with Gasteiger partial charge >= 0.3 is 0 Å². The van der Waals surface area contributed by atoms with Gasteiger partial charge in [0.25, 0.3) is 0 Å². The summed E-state index contributed by atoms with van der Waals surface area (Å²) in [6.45, 7) is 0. The van der Waals surface area contributed by atoms with E-state index >= 15 is 0 Å². The molecule has 0 aliphatic heterocycles. The molecule has 12 heavy (non-hydrogen) atoms. The van der Waals surface area contributed by atoms with Crippen LogP contribution in [0.4, 0.5) is 0 Å². The van der Waals surface area contributed by atoms with E-state index in [1.807, 2.05) is 6.07 Å². The molecule has 0 bridgehead atoms. The van der Waals surface area contributed by atoms with E-state index in [2.05, 4.69) is 36.8 Å². The smallest absolute Gasteiger partial charge is 0.147 e. The molecule has 5 heteroatoms. The van der Waals surface area contributed by atoms with E-state index in [1.165, 1.54) is 0 Å². The summed E-state index contributed by atoms with van der Waals surface area (Å²) in [4.78, 5) is 4.01. The van der Waals surface area contributed by atoms with Gasteiger partial charge in [0.2, 0.25) is 0 Å². The van der Waals surface area contributed by atoms with Gasteiger partial charge in [0.1, 0.15) is 11.2 Å². The summed E-state index contributed by atoms with van der Waals surface area (Å²) in [7, 11) is 0. The molecule has 2 nitrogen and oxygen atoms in total. The molecule has 0 saturated heterocycles. The first kappa shape index (κ1) is 9.97. The molecule has 0 aliphatic carbocycles. The van der Waals surface area contributed by atoms with Crippen molar-refractivity contribution in [2.45, 2.75) is 5.33 Å². The van der Waals surface area contributed by atoms with Gasteiger partial charge in [-0.15, -0.1) is 0 Å². The minimum atomic E-state index is 0.246. The summed E-state index contributed by atoms with van der Waals surface area (Å²) >= 11 is 12.2. The number of rotatable bonds is 1. The lowest BCUT2D eigenvalue weighted by Crippen LogP contribution is -1.90. The van der Waals surface area contributed by atoms with Crippen molar-refractivity contribution in [1.82, 2.24) is 4.98 Å². The first-order valence-electron chi connectivity index (χ1n) is 3.00. The summed E-state index contributed by atoms with van der Waals surface area (Å²) in [6.07, 6.45) is 0. The first-order chi connectivity index (χ1) is 5.69. The Bertz CT molecular complexity index is 345. The van der Waals surface area contributed by atoms with Crippen molar-refractivity contribution in [3.63, 3.8) is 0 Å². The van der Waals surface area contributed by atoms with Crippen LogP contribution in [-0.4, -0.2) is 4.98 Å². The largest absolute Gasteiger partial charge is 0.238 e. The third kappa shape index (κ3) is 1.98. The van der Waals surface area contributed by atoms with Crippen LogP contribution < -0.4 is 0 Å². The molecule has 0 radical (unpaired) electrons. The maximum absolute atomic E-state index is 8.60. The highest BCUT2D eigenvalue weighted by Gasteiger charge is 2.06. The maximum Gasteiger partial charge on any atom is 0.147 e. The lowest BCUT2D eigenvalue weighted by Gasteiger charge is -2.00. The van der Waals surface area contributed by atoms with E-state index in [0.717, 1.165) is 10.2 Å². The van der Waals surface area contributed by atoms with Crippen molar-refractivity contribution in [2.75, 3.05) is 0 Å². The van der Waals surface area contributed by atoms with E-state index in [9.17, 15) is 0 Å². The van der Waals surface area contributed by atoms with E-state index < -0.39 is 0 Å². The zero-order valence-corrected chi connectivity index (χ0v) is 9.74. The predicted octanol–water partition coefficient (Wildman–Crippen LogP) is 3.26. The second-order valence-corrected chi connectivity index (χ2v) is 3.77. The second kappa shape index (κ2) is 4.22. The van der Waals surface area contributed by atoms with Gasteiger partial charge in [0.05, 0.1) is 11.3 Å². The molecule has 0 amide bonds. The predicted molar refractivity (Wildman–Crippen MR) is 54.3 cm³/mol. The minimum Gasteiger partial charge on any atom is -0.238 e. The van der Waals surface area contributed by atoms with Gasteiger partial charge in [0.15, 0.2) is 0 Å². The molecular formula is C7H3Br2ClN2. The molecule has 1 aromatic heterocycles. The number of pyridine rings is 1. The van der Waals surface area contributed by atoms with Crippen LogP contribution in [0.25, 0.3) is 0 Å². The number of alkyl halides is 1. The van der Waals surface area contributed by atoms with Crippen LogP contribution in [0.1, 0.15) is 11.3 Å². The molecule has 0 saturated carbocycles. The number of nitrogens with zero attached hydrogens (tertiary/aromatic N) is 2. The Hall–Kier alpha value is -0.110. The van der Waals surface area contributed by atoms with Crippen molar-refractivity contribution < 1.29 is 0 Å². The molecule has 62 valence electrons. The van der Waals surface area contributed by atoms with Gasteiger partial charge in [-0.05, 0) is 22.0 Å². The van der Waals surface area contributed by atoms with Gasteiger partial charge in [-0.1, -0.05) is 27.5 Å². The van der Waals surface area contributed by atoms with E-state index in [1.54, 1.807) is 6.07 Å². The Morgan fingerprint density at radius 1 is 1.67 bits per heavy atom. The Labute approximate surface area is 91.8 Å². The number of hydrogen-bond donors (Lipinski definition) is 0. The van der Waals surface area contributed by atoms with Crippen LogP contribution in [0, 0.1) is 11.3 Å². The van der Waals surface area contributed by atoms with Crippen LogP contribution in [0.15, 0.2) is 10.5 Å². The zero-order valence-electron chi connectivity index (χ0n) is 5.81. The fourth-order valence-electron chi connectivity index (χ4n) is 0.674. The van der Waals surface area contributed by atoms with Gasteiger partial charge in [-0.3, -0.25) is 0 Å². The monoisotopic (exact) mass is 308 g/mol. The van der Waals surface area contributed by atoms with E-state index in [0.29, 0.717) is 10.9 Å². The highest BCUT2D eigenvalue weighted by Crippen LogP contribution is 2.23. The van der Waals surface area contributed by atoms with Crippen LogP contribution >= 0.6 is 43.5 Å². The van der Waals surface area contributed by atoms with Crippen molar-refractivity contribution >= 4 is 43.5 Å². The van der Waals surface area contributed by atoms with E-state index in [4.69, 9.17) is 16.9 Å². The van der Waals surface area contributed by atoms with Crippen LogP contribution in [0.5, 0.6) is 0 Å². The van der Waals surface area contributed by atoms with E-state index in [-0.39, 0.29) is 5.15 Å². The topological polar surface area (TPSA) is 36.7 Å². The third-order valence-electron chi connectivity index (χ3n) is 1.25. The standard InChI is InChI=1S/C7H3Br2ClN2/c8-2-6-5(9)1-4(3-11)7(10)12-6/h1H,2H2. The van der Waals surface area contributed by atoms with Crippen molar-refractivity contribution in [2.24, 2.45) is 0 Å². The van der Waals surface area contributed by atoms with Gasteiger partial charge < -0.3 is 0 Å². The fraction of sp³-hybridized carbons (Fsp3) is 0.143. The SMILES string of the molecule is N#Cc1cc(Br)c(CBr)nc1Cl. The highest BCUT2D eigenvalue weighted by atomic mass is 79.9. The molecule has 1 rings (SSSR count). The fourth-order valence-corrected chi connectivity index (χ4v) is 2.13. The summed E-state index contributed by atoms with van der Waals surface area (Å²) in [5.74, 6) is 0. The molecule has 1 heterocycles. The minimum absolute atomic E-state index is 0.246. The molecule has 0 N–H and O–H groups in total. The Kier molecular flexibility index (Phi) is 3.51. The summed E-state index contributed by atoms with van der Waals surface area (Å²) in [5.41, 5.74) is 1.17. The van der Waals surface area contributed by atoms with Gasteiger partial charge in [-0.2, -0.15) is 5.26 Å². The molecule has 0 aliphatic rings. The Morgan fingerprint density at radius 3 is 2.83 bits per heavy atom. The first-order valence-corrected chi connectivity index (χ1v) is 5.29. The molecule has 0 fully saturated rings. The molecule has 0 atom stereocenters. The average Bonchev–Trinajstić information content (AvgIpc) is 2.08. The van der Waals surface area contributed by atoms with Crippen molar-refractivity contribution in [3.8, 4) is 6.07 Å². The molecule has 0 aromatic carbocycles. The Morgan fingerprint density at radius 2 is 2.33 bits per heavy atom. The van der Waals surface area contributed by atoms with Gasteiger partial charge in [-0.25, -0.2) is 4.98 Å². The molecule has 0 unspecified atom stereocenters.